The van der Waals surface area contributed by atoms with Gasteiger partial charge in [-0.3, -0.25) is 4.68 Å². The number of fused-ring (bicyclic) bond motifs is 1. The summed E-state index contributed by atoms with van der Waals surface area (Å²) >= 11 is 0. The number of nitrogens with one attached hydrogen (secondary N) is 1. The first-order chi connectivity index (χ1) is 9.88. The van der Waals surface area contributed by atoms with E-state index in [9.17, 15) is 17.2 Å². The molecule has 0 saturated heterocycles. The van der Waals surface area contributed by atoms with E-state index in [1.807, 2.05) is 0 Å². The Kier molecular flexibility index (Phi) is 3.29. The molecule has 114 valence electrons. The maximum absolute atomic E-state index is 12.5. The standard InChI is InChI=1S/C11H13F2N5O2S/c1-7-4-17(6-10(12)13)16-11(7)21(19,20)18-5-8-2-14-3-9(8)15-18/h4-5,10,14H,2-3,6H2,1H3. The predicted octanol–water partition coefficient (Wildman–Crippen LogP) is 0.493. The summed E-state index contributed by atoms with van der Waals surface area (Å²) in [5, 5.41) is 10.6. The molecule has 0 unspecified atom stereocenters. The number of aryl methyl sites for hydroxylation is 1. The van der Waals surface area contributed by atoms with Crippen LogP contribution in [0.5, 0.6) is 0 Å². The number of aromatic nitrogens is 4. The number of hydrogen-bond donors (Lipinski definition) is 1. The van der Waals surface area contributed by atoms with Crippen LogP contribution < -0.4 is 5.32 Å². The Morgan fingerprint density at radius 2 is 2.10 bits per heavy atom. The lowest BCUT2D eigenvalue weighted by Gasteiger charge is -2.03. The highest BCUT2D eigenvalue weighted by Crippen LogP contribution is 2.20. The third-order valence-electron chi connectivity index (χ3n) is 3.18. The SMILES string of the molecule is Cc1cn(CC(F)F)nc1S(=O)(=O)n1cc2c(n1)CNC2. The largest absolute Gasteiger partial charge is 0.307 e. The summed E-state index contributed by atoms with van der Waals surface area (Å²) < 4.78 is 51.5. The van der Waals surface area contributed by atoms with Gasteiger partial charge in [0.1, 0.15) is 6.54 Å². The van der Waals surface area contributed by atoms with Crippen LogP contribution in [0.2, 0.25) is 0 Å². The number of hydrogen-bond acceptors (Lipinski definition) is 5. The fourth-order valence-electron chi connectivity index (χ4n) is 2.24. The van der Waals surface area contributed by atoms with Crippen LogP contribution in [0, 0.1) is 6.92 Å². The van der Waals surface area contributed by atoms with E-state index >= 15 is 0 Å². The van der Waals surface area contributed by atoms with Gasteiger partial charge in [-0.1, -0.05) is 0 Å². The van der Waals surface area contributed by atoms with Gasteiger partial charge in [-0.2, -0.15) is 22.7 Å². The smallest absolute Gasteiger partial charge is 0.302 e. The summed E-state index contributed by atoms with van der Waals surface area (Å²) in [6.07, 6.45) is 0.119. The summed E-state index contributed by atoms with van der Waals surface area (Å²) in [7, 11) is -3.96. The van der Waals surface area contributed by atoms with Crippen molar-refractivity contribution in [3.05, 3.63) is 29.2 Å². The van der Waals surface area contributed by atoms with Crippen molar-refractivity contribution in [2.75, 3.05) is 0 Å². The number of alkyl halides is 2. The molecule has 1 aliphatic heterocycles. The Bertz CT molecular complexity index is 759. The van der Waals surface area contributed by atoms with Crippen molar-refractivity contribution < 1.29 is 17.2 Å². The van der Waals surface area contributed by atoms with Gasteiger partial charge in [0.15, 0.2) is 0 Å². The minimum Gasteiger partial charge on any atom is -0.307 e. The molecule has 21 heavy (non-hydrogen) atoms. The molecule has 0 aliphatic carbocycles. The van der Waals surface area contributed by atoms with E-state index in [4.69, 9.17) is 0 Å². The van der Waals surface area contributed by atoms with Crippen LogP contribution in [0.15, 0.2) is 17.4 Å². The number of halogens is 2. The van der Waals surface area contributed by atoms with Gasteiger partial charge in [0.2, 0.25) is 5.03 Å². The highest BCUT2D eigenvalue weighted by molar-refractivity contribution is 7.89. The summed E-state index contributed by atoms with van der Waals surface area (Å²) in [6.45, 7) is 1.94. The molecule has 1 N–H and O–H groups in total. The molecule has 0 bridgehead atoms. The first kappa shape index (κ1) is 14.1. The highest BCUT2D eigenvalue weighted by atomic mass is 32.2. The van der Waals surface area contributed by atoms with Crippen molar-refractivity contribution in [2.24, 2.45) is 0 Å². The van der Waals surface area contributed by atoms with E-state index in [-0.39, 0.29) is 5.03 Å². The molecule has 0 fully saturated rings. The van der Waals surface area contributed by atoms with Crippen LogP contribution in [-0.2, 0) is 29.7 Å². The van der Waals surface area contributed by atoms with E-state index in [1.54, 1.807) is 0 Å². The number of rotatable bonds is 4. The lowest BCUT2D eigenvalue weighted by molar-refractivity contribution is 0.121. The second-order valence-corrected chi connectivity index (χ2v) is 6.52. The Morgan fingerprint density at radius 1 is 1.33 bits per heavy atom. The van der Waals surface area contributed by atoms with Crippen molar-refractivity contribution in [3.8, 4) is 0 Å². The van der Waals surface area contributed by atoms with Crippen LogP contribution in [0.1, 0.15) is 16.8 Å². The fourth-order valence-corrected chi connectivity index (χ4v) is 3.55. The van der Waals surface area contributed by atoms with Gasteiger partial charge in [-0.25, -0.2) is 8.78 Å². The first-order valence-electron chi connectivity index (χ1n) is 6.24. The molecule has 3 heterocycles. The quantitative estimate of drug-likeness (QED) is 0.888. The molecule has 2 aromatic rings. The van der Waals surface area contributed by atoms with Crippen LogP contribution in [-0.4, -0.2) is 33.8 Å². The van der Waals surface area contributed by atoms with Crippen molar-refractivity contribution in [1.82, 2.24) is 24.3 Å². The molecule has 1 aliphatic rings. The zero-order chi connectivity index (χ0) is 15.2. The van der Waals surface area contributed by atoms with Crippen molar-refractivity contribution in [2.45, 2.75) is 38.0 Å². The van der Waals surface area contributed by atoms with Gasteiger partial charge in [0.25, 0.3) is 6.43 Å². The molecule has 0 radical (unpaired) electrons. The van der Waals surface area contributed by atoms with Crippen molar-refractivity contribution in [1.29, 1.82) is 0 Å². The highest BCUT2D eigenvalue weighted by Gasteiger charge is 2.27. The van der Waals surface area contributed by atoms with Crippen molar-refractivity contribution in [3.63, 3.8) is 0 Å². The van der Waals surface area contributed by atoms with Gasteiger partial charge in [0, 0.05) is 36.6 Å². The summed E-state index contributed by atoms with van der Waals surface area (Å²) in [5.74, 6) is 0. The second kappa shape index (κ2) is 4.88. The second-order valence-electron chi connectivity index (χ2n) is 4.81. The maximum atomic E-state index is 12.5. The lowest BCUT2D eigenvalue weighted by Crippen LogP contribution is -2.17. The topological polar surface area (TPSA) is 81.8 Å². The molecular formula is C11H13F2N5O2S. The molecule has 2 aromatic heterocycles. The van der Waals surface area contributed by atoms with E-state index in [0.717, 1.165) is 14.3 Å². The van der Waals surface area contributed by atoms with Crippen LogP contribution in [0.4, 0.5) is 8.78 Å². The third-order valence-corrected chi connectivity index (χ3v) is 4.75. The predicted molar refractivity (Wildman–Crippen MR) is 68.3 cm³/mol. The molecular weight excluding hydrogens is 304 g/mol. The van der Waals surface area contributed by atoms with Gasteiger partial charge in [0.05, 0.1) is 5.69 Å². The minimum absolute atomic E-state index is 0.253. The van der Waals surface area contributed by atoms with Crippen LogP contribution in [0.25, 0.3) is 0 Å². The van der Waals surface area contributed by atoms with E-state index in [1.165, 1.54) is 19.3 Å². The van der Waals surface area contributed by atoms with E-state index in [2.05, 4.69) is 15.5 Å². The van der Waals surface area contributed by atoms with Crippen LogP contribution >= 0.6 is 0 Å². The number of nitrogens with zero attached hydrogens (tertiary/aromatic N) is 4. The monoisotopic (exact) mass is 317 g/mol. The normalized spacial score (nSPS) is 14.9. The molecule has 0 spiro atoms. The maximum Gasteiger partial charge on any atom is 0.302 e. The lowest BCUT2D eigenvalue weighted by atomic mass is 10.3. The minimum atomic E-state index is -3.96. The van der Waals surface area contributed by atoms with Gasteiger partial charge >= 0.3 is 10.0 Å². The Morgan fingerprint density at radius 3 is 2.76 bits per heavy atom. The summed E-state index contributed by atoms with van der Waals surface area (Å²) in [5.41, 5.74) is 1.79. The molecule has 0 aromatic carbocycles. The van der Waals surface area contributed by atoms with Crippen molar-refractivity contribution >= 4 is 10.0 Å². The Balaban J connectivity index is 1.99. The Labute approximate surface area is 119 Å². The van der Waals surface area contributed by atoms with E-state index < -0.39 is 23.0 Å². The molecule has 0 saturated carbocycles. The van der Waals surface area contributed by atoms with Crippen LogP contribution in [0.3, 0.4) is 0 Å². The molecule has 10 heteroatoms. The first-order valence-corrected chi connectivity index (χ1v) is 7.68. The molecule has 7 nitrogen and oxygen atoms in total. The fraction of sp³-hybridized carbons (Fsp3) is 0.455. The third kappa shape index (κ3) is 2.44. The molecule has 0 amide bonds. The summed E-state index contributed by atoms with van der Waals surface area (Å²) in [4.78, 5) is 0. The average Bonchev–Trinajstić information content (AvgIpc) is 3.01. The van der Waals surface area contributed by atoms with Gasteiger partial charge in [-0.15, -0.1) is 0 Å². The van der Waals surface area contributed by atoms with E-state index in [0.29, 0.717) is 24.3 Å². The molecule has 0 atom stereocenters. The molecule has 3 rings (SSSR count). The summed E-state index contributed by atoms with van der Waals surface area (Å²) in [6, 6.07) is 0. The zero-order valence-electron chi connectivity index (χ0n) is 11.1. The average molecular weight is 317 g/mol. The van der Waals surface area contributed by atoms with Gasteiger partial charge < -0.3 is 5.32 Å². The zero-order valence-corrected chi connectivity index (χ0v) is 11.9. The Hall–Kier alpha value is -1.81. The van der Waals surface area contributed by atoms with Gasteiger partial charge in [-0.05, 0) is 6.92 Å².